The molecule has 1 amide bonds. The van der Waals surface area contributed by atoms with Gasteiger partial charge in [-0.3, -0.25) is 4.79 Å². The molecule has 0 aliphatic rings. The third-order valence-electron chi connectivity index (χ3n) is 2.17. The van der Waals surface area contributed by atoms with Gasteiger partial charge in [0.1, 0.15) is 0 Å². The van der Waals surface area contributed by atoms with Crippen molar-refractivity contribution in [3.05, 3.63) is 28.8 Å². The Balaban J connectivity index is 2.63. The number of rotatable bonds is 6. The lowest BCUT2D eigenvalue weighted by molar-refractivity contribution is -0.113. The summed E-state index contributed by atoms with van der Waals surface area (Å²) in [4.78, 5) is 22.5. The number of hydrogen-bond acceptors (Lipinski definition) is 3. The molecule has 1 aromatic rings. The van der Waals surface area contributed by atoms with Gasteiger partial charge in [-0.25, -0.2) is 4.79 Å². The molecule has 0 unspecified atom stereocenters. The number of carbonyl (C=O) groups excluding carboxylic acids is 1. The summed E-state index contributed by atoms with van der Waals surface area (Å²) in [6.07, 6.45) is 0. The molecule has 0 atom stereocenters. The predicted molar refractivity (Wildman–Crippen MR) is 79.2 cm³/mol. The Morgan fingerprint density at radius 2 is 2.11 bits per heavy atom. The van der Waals surface area contributed by atoms with Crippen molar-refractivity contribution < 1.29 is 14.7 Å². The van der Waals surface area contributed by atoms with Gasteiger partial charge < -0.3 is 10.4 Å². The van der Waals surface area contributed by atoms with Crippen molar-refractivity contribution in [3.8, 4) is 0 Å². The number of thioether (sulfide) groups is 1. The van der Waals surface area contributed by atoms with Crippen LogP contribution in [0.5, 0.6) is 0 Å². The summed E-state index contributed by atoms with van der Waals surface area (Å²) in [5.74, 6) is 0.510. The first-order valence-electron chi connectivity index (χ1n) is 5.80. The molecule has 2 N–H and O–H groups in total. The van der Waals surface area contributed by atoms with Gasteiger partial charge in [0.25, 0.3) is 0 Å². The van der Waals surface area contributed by atoms with Crippen molar-refractivity contribution in [3.63, 3.8) is 0 Å². The molecular formula is C13H16ClNO3S. The van der Waals surface area contributed by atoms with E-state index in [1.807, 2.05) is 0 Å². The molecule has 4 nitrogen and oxygen atoms in total. The van der Waals surface area contributed by atoms with Crippen molar-refractivity contribution in [1.82, 2.24) is 0 Å². The zero-order valence-electron chi connectivity index (χ0n) is 10.8. The highest BCUT2D eigenvalue weighted by molar-refractivity contribution is 7.99. The van der Waals surface area contributed by atoms with E-state index in [0.29, 0.717) is 22.4 Å². The summed E-state index contributed by atoms with van der Waals surface area (Å²) < 4.78 is 0. The molecule has 1 rings (SSSR count). The van der Waals surface area contributed by atoms with Gasteiger partial charge in [-0.05, 0) is 29.9 Å². The summed E-state index contributed by atoms with van der Waals surface area (Å²) in [6, 6.07) is 4.21. The lowest BCUT2D eigenvalue weighted by Gasteiger charge is -2.09. The van der Waals surface area contributed by atoms with E-state index in [2.05, 4.69) is 19.2 Å². The lowest BCUT2D eigenvalue weighted by Crippen LogP contribution is -2.15. The van der Waals surface area contributed by atoms with Crippen molar-refractivity contribution in [2.75, 3.05) is 16.8 Å². The predicted octanol–water partition coefficient (Wildman–Crippen LogP) is 3.37. The van der Waals surface area contributed by atoms with Gasteiger partial charge in [-0.15, -0.1) is 0 Å². The van der Waals surface area contributed by atoms with Gasteiger partial charge in [0.15, 0.2) is 0 Å². The van der Waals surface area contributed by atoms with Gasteiger partial charge in [0.2, 0.25) is 5.91 Å². The number of aromatic carboxylic acids is 1. The zero-order valence-corrected chi connectivity index (χ0v) is 12.3. The molecule has 0 bridgehead atoms. The average molecular weight is 302 g/mol. The maximum Gasteiger partial charge on any atom is 0.335 e. The molecule has 0 saturated carbocycles. The molecular weight excluding hydrogens is 286 g/mol. The maximum atomic E-state index is 11.7. The number of carbonyl (C=O) groups is 2. The quantitative estimate of drug-likeness (QED) is 0.845. The number of benzene rings is 1. The third-order valence-corrected chi connectivity index (χ3v) is 3.87. The molecule has 0 radical (unpaired) electrons. The maximum absolute atomic E-state index is 11.7. The number of carboxylic acids is 1. The fourth-order valence-corrected chi connectivity index (χ4v) is 2.34. The fraction of sp³-hybridized carbons (Fsp3) is 0.385. The molecule has 6 heteroatoms. The molecule has 0 aliphatic heterocycles. The first kappa shape index (κ1) is 15.9. The van der Waals surface area contributed by atoms with Crippen molar-refractivity contribution in [2.45, 2.75) is 13.8 Å². The molecule has 0 spiro atoms. The average Bonchev–Trinajstić information content (AvgIpc) is 2.31. The molecule has 0 aromatic heterocycles. The Bertz CT molecular complexity index is 477. The van der Waals surface area contributed by atoms with Crippen LogP contribution in [0.15, 0.2) is 18.2 Å². The second-order valence-corrected chi connectivity index (χ2v) is 5.89. The number of halogens is 1. The van der Waals surface area contributed by atoms with E-state index in [0.717, 1.165) is 5.75 Å². The van der Waals surface area contributed by atoms with E-state index in [-0.39, 0.29) is 11.5 Å². The number of nitrogens with one attached hydrogen (secondary N) is 1. The standard InChI is InChI=1S/C13H16ClNO3S/c1-8(2)6-19-7-12(16)15-11-5-9(13(17)18)3-4-10(11)14/h3-5,8H,6-7H2,1-2H3,(H,15,16)(H,17,18). The van der Waals surface area contributed by atoms with E-state index in [4.69, 9.17) is 16.7 Å². The largest absolute Gasteiger partial charge is 0.478 e. The Kier molecular flexibility index (Phi) is 6.18. The van der Waals surface area contributed by atoms with Crippen molar-refractivity contribution in [2.24, 2.45) is 5.92 Å². The Morgan fingerprint density at radius 1 is 1.42 bits per heavy atom. The van der Waals surface area contributed by atoms with Gasteiger partial charge in [-0.2, -0.15) is 11.8 Å². The summed E-state index contributed by atoms with van der Waals surface area (Å²) in [5, 5.41) is 11.8. The van der Waals surface area contributed by atoms with E-state index < -0.39 is 5.97 Å². The first-order valence-corrected chi connectivity index (χ1v) is 7.34. The van der Waals surface area contributed by atoms with Crippen LogP contribution >= 0.6 is 23.4 Å². The SMILES string of the molecule is CC(C)CSCC(=O)Nc1cc(C(=O)O)ccc1Cl. The molecule has 1 aromatic carbocycles. The van der Waals surface area contributed by atoms with Gasteiger partial charge in [0, 0.05) is 0 Å². The van der Waals surface area contributed by atoms with E-state index in [1.54, 1.807) is 0 Å². The summed E-state index contributed by atoms with van der Waals surface area (Å²) in [7, 11) is 0. The highest BCUT2D eigenvalue weighted by Gasteiger charge is 2.10. The van der Waals surface area contributed by atoms with Gasteiger partial charge in [0.05, 0.1) is 22.0 Å². The number of anilines is 1. The van der Waals surface area contributed by atoms with Crippen LogP contribution in [0.25, 0.3) is 0 Å². The van der Waals surface area contributed by atoms with Crippen LogP contribution < -0.4 is 5.32 Å². The smallest absolute Gasteiger partial charge is 0.335 e. The van der Waals surface area contributed by atoms with Crippen LogP contribution in [-0.4, -0.2) is 28.5 Å². The summed E-state index contributed by atoms with van der Waals surface area (Å²) in [6.45, 7) is 4.16. The van der Waals surface area contributed by atoms with E-state index in [9.17, 15) is 9.59 Å². The summed E-state index contributed by atoms with van der Waals surface area (Å²) >= 11 is 7.45. The summed E-state index contributed by atoms with van der Waals surface area (Å²) in [5.41, 5.74) is 0.422. The topological polar surface area (TPSA) is 66.4 Å². The van der Waals surface area contributed by atoms with Gasteiger partial charge in [-0.1, -0.05) is 25.4 Å². The number of hydrogen-bond donors (Lipinski definition) is 2. The minimum Gasteiger partial charge on any atom is -0.478 e. The molecule has 0 aliphatic carbocycles. The van der Waals surface area contributed by atoms with E-state index in [1.165, 1.54) is 30.0 Å². The zero-order chi connectivity index (χ0) is 14.4. The van der Waals surface area contributed by atoms with Crippen LogP contribution in [0.2, 0.25) is 5.02 Å². The minimum absolute atomic E-state index is 0.0922. The van der Waals surface area contributed by atoms with Crippen LogP contribution in [-0.2, 0) is 4.79 Å². The van der Waals surface area contributed by atoms with Crippen molar-refractivity contribution in [1.29, 1.82) is 0 Å². The monoisotopic (exact) mass is 301 g/mol. The Hall–Kier alpha value is -1.20. The third kappa shape index (κ3) is 5.53. The highest BCUT2D eigenvalue weighted by atomic mass is 35.5. The molecule has 19 heavy (non-hydrogen) atoms. The lowest BCUT2D eigenvalue weighted by atomic mass is 10.2. The van der Waals surface area contributed by atoms with Crippen LogP contribution in [0.3, 0.4) is 0 Å². The number of carboxylic acid groups (broad SMARTS) is 1. The van der Waals surface area contributed by atoms with Crippen LogP contribution in [0.4, 0.5) is 5.69 Å². The van der Waals surface area contributed by atoms with E-state index >= 15 is 0 Å². The van der Waals surface area contributed by atoms with Crippen LogP contribution in [0.1, 0.15) is 24.2 Å². The molecule has 0 fully saturated rings. The normalized spacial score (nSPS) is 10.5. The van der Waals surface area contributed by atoms with Crippen LogP contribution in [0, 0.1) is 5.92 Å². The second-order valence-electron chi connectivity index (χ2n) is 4.46. The Morgan fingerprint density at radius 3 is 2.68 bits per heavy atom. The molecule has 0 saturated heterocycles. The fourth-order valence-electron chi connectivity index (χ4n) is 1.33. The van der Waals surface area contributed by atoms with Crippen molar-refractivity contribution >= 4 is 40.9 Å². The number of amides is 1. The molecule has 104 valence electrons. The second kappa shape index (κ2) is 7.40. The van der Waals surface area contributed by atoms with Gasteiger partial charge >= 0.3 is 5.97 Å². The Labute approximate surface area is 121 Å². The molecule has 0 heterocycles. The highest BCUT2D eigenvalue weighted by Crippen LogP contribution is 2.23. The first-order chi connectivity index (χ1) is 8.90. The minimum atomic E-state index is -1.05.